The van der Waals surface area contributed by atoms with Crippen molar-refractivity contribution in [2.75, 3.05) is 0 Å². The first-order chi connectivity index (χ1) is 10.3. The normalized spacial score (nSPS) is 13.6. The van der Waals surface area contributed by atoms with Crippen LogP contribution >= 0.6 is 0 Å². The monoisotopic (exact) mass is 302 g/mol. The van der Waals surface area contributed by atoms with Gasteiger partial charge in [-0.2, -0.15) is 0 Å². The second kappa shape index (κ2) is 11.8. The van der Waals surface area contributed by atoms with Gasteiger partial charge in [-0.25, -0.2) is 4.79 Å². The molecule has 0 unspecified atom stereocenters. The number of carboxylic acids is 1. The standard InChI is InChI=1S/C20H30O2/c1-16(2)9-6-10-17(3)11-7-12-18(4)13-8-14-19(5)15-20(21)22/h8-9,11,13-15H,6-7,10,12H2,1-5H3,(H,21,22)/b14-8+,17-11-,18-13+,19-15-. The first kappa shape index (κ1) is 20.2. The third kappa shape index (κ3) is 13.2. The van der Waals surface area contributed by atoms with E-state index in [9.17, 15) is 4.79 Å². The molecule has 0 rings (SSSR count). The van der Waals surface area contributed by atoms with Crippen LogP contribution in [0.4, 0.5) is 0 Å². The van der Waals surface area contributed by atoms with E-state index in [2.05, 4.69) is 39.8 Å². The van der Waals surface area contributed by atoms with E-state index in [0.717, 1.165) is 31.3 Å². The predicted molar refractivity (Wildman–Crippen MR) is 95.9 cm³/mol. The minimum atomic E-state index is -0.906. The van der Waals surface area contributed by atoms with Gasteiger partial charge in [-0.05, 0) is 65.9 Å². The maximum Gasteiger partial charge on any atom is 0.328 e. The Hall–Kier alpha value is -1.83. The van der Waals surface area contributed by atoms with Crippen molar-refractivity contribution in [2.24, 2.45) is 0 Å². The second-order valence-corrected chi connectivity index (χ2v) is 6.01. The summed E-state index contributed by atoms with van der Waals surface area (Å²) in [4.78, 5) is 10.5. The van der Waals surface area contributed by atoms with E-state index in [1.165, 1.54) is 22.8 Å². The summed E-state index contributed by atoms with van der Waals surface area (Å²) in [6, 6.07) is 0. The summed E-state index contributed by atoms with van der Waals surface area (Å²) in [6.07, 6.45) is 15.9. The van der Waals surface area contributed by atoms with Gasteiger partial charge in [0.2, 0.25) is 0 Å². The van der Waals surface area contributed by atoms with Crippen LogP contribution in [0, 0.1) is 0 Å². The van der Waals surface area contributed by atoms with Crippen molar-refractivity contribution in [1.29, 1.82) is 0 Å². The molecule has 0 saturated carbocycles. The van der Waals surface area contributed by atoms with Gasteiger partial charge in [0.1, 0.15) is 0 Å². The summed E-state index contributed by atoms with van der Waals surface area (Å²) >= 11 is 0. The zero-order valence-corrected chi connectivity index (χ0v) is 14.6. The number of allylic oxidation sites excluding steroid dienone is 9. The van der Waals surface area contributed by atoms with E-state index >= 15 is 0 Å². The van der Waals surface area contributed by atoms with Crippen molar-refractivity contribution in [2.45, 2.75) is 60.3 Å². The number of hydrogen-bond acceptors (Lipinski definition) is 1. The first-order valence-electron chi connectivity index (χ1n) is 7.85. The fraction of sp³-hybridized carbons (Fsp3) is 0.450. The van der Waals surface area contributed by atoms with Crippen LogP contribution in [0.3, 0.4) is 0 Å². The Morgan fingerprint density at radius 3 is 2.09 bits per heavy atom. The van der Waals surface area contributed by atoms with E-state index in [4.69, 9.17) is 5.11 Å². The lowest BCUT2D eigenvalue weighted by molar-refractivity contribution is -0.131. The van der Waals surface area contributed by atoms with E-state index in [-0.39, 0.29) is 0 Å². The predicted octanol–water partition coefficient (Wildman–Crippen LogP) is 5.99. The molecule has 0 radical (unpaired) electrons. The van der Waals surface area contributed by atoms with Crippen molar-refractivity contribution in [3.63, 3.8) is 0 Å². The minimum Gasteiger partial charge on any atom is -0.478 e. The maximum absolute atomic E-state index is 10.5. The molecule has 0 aliphatic heterocycles. The molecule has 0 aromatic heterocycles. The Bertz CT molecular complexity index is 496. The molecule has 0 amide bonds. The van der Waals surface area contributed by atoms with Gasteiger partial charge in [-0.3, -0.25) is 0 Å². The van der Waals surface area contributed by atoms with Crippen molar-refractivity contribution in [3.05, 3.63) is 58.7 Å². The average molecular weight is 302 g/mol. The van der Waals surface area contributed by atoms with Crippen LogP contribution < -0.4 is 0 Å². The molecule has 0 saturated heterocycles. The molecule has 122 valence electrons. The molecule has 0 spiro atoms. The van der Waals surface area contributed by atoms with Crippen LogP contribution in [-0.4, -0.2) is 11.1 Å². The van der Waals surface area contributed by atoms with Gasteiger partial charge in [-0.15, -0.1) is 0 Å². The highest BCUT2D eigenvalue weighted by molar-refractivity contribution is 5.81. The van der Waals surface area contributed by atoms with Crippen LogP contribution in [0.15, 0.2) is 58.7 Å². The third-order valence-corrected chi connectivity index (χ3v) is 3.21. The number of hydrogen-bond donors (Lipinski definition) is 1. The van der Waals surface area contributed by atoms with Gasteiger partial charge in [0.25, 0.3) is 0 Å². The fourth-order valence-corrected chi connectivity index (χ4v) is 1.93. The zero-order chi connectivity index (χ0) is 17.0. The number of aliphatic carboxylic acids is 1. The van der Waals surface area contributed by atoms with Crippen molar-refractivity contribution in [1.82, 2.24) is 0 Å². The summed E-state index contributed by atoms with van der Waals surface area (Å²) in [5.41, 5.74) is 4.87. The topological polar surface area (TPSA) is 37.3 Å². The van der Waals surface area contributed by atoms with Crippen molar-refractivity contribution < 1.29 is 9.90 Å². The third-order valence-electron chi connectivity index (χ3n) is 3.21. The lowest BCUT2D eigenvalue weighted by atomic mass is 10.1. The van der Waals surface area contributed by atoms with Gasteiger partial charge in [0.05, 0.1) is 0 Å². The van der Waals surface area contributed by atoms with E-state index in [1.807, 2.05) is 18.2 Å². The molecule has 22 heavy (non-hydrogen) atoms. The van der Waals surface area contributed by atoms with E-state index in [0.29, 0.717) is 0 Å². The summed E-state index contributed by atoms with van der Waals surface area (Å²) in [5.74, 6) is -0.906. The molecule has 0 heterocycles. The molecule has 0 aliphatic rings. The van der Waals surface area contributed by atoms with Gasteiger partial charge >= 0.3 is 5.97 Å². The lowest BCUT2D eigenvalue weighted by Crippen LogP contribution is -1.87. The summed E-state index contributed by atoms with van der Waals surface area (Å²) in [6.45, 7) is 10.3. The van der Waals surface area contributed by atoms with Gasteiger partial charge in [0.15, 0.2) is 0 Å². The van der Waals surface area contributed by atoms with Crippen LogP contribution in [0.1, 0.15) is 60.3 Å². The molecule has 0 bridgehead atoms. The Kier molecular flexibility index (Phi) is 10.8. The smallest absolute Gasteiger partial charge is 0.328 e. The fourth-order valence-electron chi connectivity index (χ4n) is 1.93. The van der Waals surface area contributed by atoms with Gasteiger partial charge < -0.3 is 5.11 Å². The van der Waals surface area contributed by atoms with Crippen molar-refractivity contribution >= 4 is 5.97 Å². The Morgan fingerprint density at radius 2 is 1.50 bits per heavy atom. The quantitative estimate of drug-likeness (QED) is 0.322. The molecule has 0 atom stereocenters. The lowest BCUT2D eigenvalue weighted by Gasteiger charge is -2.00. The second-order valence-electron chi connectivity index (χ2n) is 6.01. The highest BCUT2D eigenvalue weighted by Gasteiger charge is 1.92. The first-order valence-corrected chi connectivity index (χ1v) is 7.85. The van der Waals surface area contributed by atoms with Crippen LogP contribution in [0.5, 0.6) is 0 Å². The molecule has 0 aromatic carbocycles. The van der Waals surface area contributed by atoms with E-state index < -0.39 is 5.97 Å². The molecule has 2 heteroatoms. The number of carbonyl (C=O) groups is 1. The van der Waals surface area contributed by atoms with Crippen LogP contribution in [-0.2, 0) is 4.79 Å². The van der Waals surface area contributed by atoms with Gasteiger partial charge in [-0.1, -0.05) is 47.1 Å². The molecule has 0 aliphatic carbocycles. The Morgan fingerprint density at radius 1 is 0.909 bits per heavy atom. The SMILES string of the molecule is CC(C)=CCC/C(C)=C\CC/C(C)=C/C=C/C(C)=C\C(=O)O. The molecule has 1 N–H and O–H groups in total. The summed E-state index contributed by atoms with van der Waals surface area (Å²) in [7, 11) is 0. The molecule has 0 fully saturated rings. The largest absolute Gasteiger partial charge is 0.478 e. The molecular formula is C20H30O2. The Labute approximate surface area is 135 Å². The maximum atomic E-state index is 10.5. The summed E-state index contributed by atoms with van der Waals surface area (Å²) < 4.78 is 0. The highest BCUT2D eigenvalue weighted by Crippen LogP contribution is 2.11. The minimum absolute atomic E-state index is 0.742. The van der Waals surface area contributed by atoms with Crippen LogP contribution in [0.25, 0.3) is 0 Å². The zero-order valence-electron chi connectivity index (χ0n) is 14.6. The molecular weight excluding hydrogens is 272 g/mol. The highest BCUT2D eigenvalue weighted by atomic mass is 16.4. The molecule has 0 aromatic rings. The number of carboxylic acid groups (broad SMARTS) is 1. The Balaban J connectivity index is 4.19. The summed E-state index contributed by atoms with van der Waals surface area (Å²) in [5, 5.41) is 8.62. The molecule has 2 nitrogen and oxygen atoms in total. The number of rotatable bonds is 9. The van der Waals surface area contributed by atoms with E-state index in [1.54, 1.807) is 6.92 Å². The van der Waals surface area contributed by atoms with Crippen molar-refractivity contribution in [3.8, 4) is 0 Å². The average Bonchev–Trinajstić information content (AvgIpc) is 2.37. The van der Waals surface area contributed by atoms with Crippen LogP contribution in [0.2, 0.25) is 0 Å². The van der Waals surface area contributed by atoms with Gasteiger partial charge in [0, 0.05) is 6.08 Å².